The van der Waals surface area contributed by atoms with Crippen molar-refractivity contribution in [1.29, 1.82) is 0 Å². The molecule has 2 amide bonds. The van der Waals surface area contributed by atoms with Gasteiger partial charge in [-0.05, 0) is 32.6 Å². The van der Waals surface area contributed by atoms with Gasteiger partial charge in [-0.1, -0.05) is 30.6 Å². The van der Waals surface area contributed by atoms with Crippen LogP contribution in [0.1, 0.15) is 66.7 Å². The van der Waals surface area contributed by atoms with Gasteiger partial charge in [-0.25, -0.2) is 4.98 Å². The van der Waals surface area contributed by atoms with Crippen LogP contribution in [0.5, 0.6) is 0 Å². The van der Waals surface area contributed by atoms with Crippen LogP contribution in [0.4, 0.5) is 5.13 Å². The number of aryl methyl sites for hydroxylation is 1. The number of thiazole rings is 1. The normalized spacial score (nSPS) is 18.6. The maximum atomic E-state index is 12.4. The summed E-state index contributed by atoms with van der Waals surface area (Å²) in [5.41, 5.74) is 0.788. The quantitative estimate of drug-likeness (QED) is 0.730. The number of rotatable bonds is 7. The van der Waals surface area contributed by atoms with Crippen molar-refractivity contribution >= 4 is 28.3 Å². The SMILES string of the molecule is Cc1nc(NC2CCCCC2)sc1C(=O)NCCCN1CCCC1=O. The summed E-state index contributed by atoms with van der Waals surface area (Å²) in [6.07, 6.45) is 8.67. The molecule has 1 aromatic rings. The molecule has 1 aliphatic heterocycles. The van der Waals surface area contributed by atoms with Crippen molar-refractivity contribution in [1.82, 2.24) is 15.2 Å². The van der Waals surface area contributed by atoms with Crippen molar-refractivity contribution in [2.24, 2.45) is 0 Å². The zero-order valence-corrected chi connectivity index (χ0v) is 15.8. The number of nitrogens with zero attached hydrogens (tertiary/aromatic N) is 2. The molecular weight excluding hydrogens is 336 g/mol. The largest absolute Gasteiger partial charge is 0.359 e. The van der Waals surface area contributed by atoms with Crippen LogP contribution in [0.15, 0.2) is 0 Å². The zero-order chi connectivity index (χ0) is 17.6. The smallest absolute Gasteiger partial charge is 0.263 e. The first-order chi connectivity index (χ1) is 12.1. The van der Waals surface area contributed by atoms with Gasteiger partial charge in [-0.2, -0.15) is 0 Å². The van der Waals surface area contributed by atoms with E-state index in [0.29, 0.717) is 23.9 Å². The molecule has 0 atom stereocenters. The van der Waals surface area contributed by atoms with Crippen LogP contribution in [0.2, 0.25) is 0 Å². The fourth-order valence-electron chi connectivity index (χ4n) is 3.58. The monoisotopic (exact) mass is 364 g/mol. The zero-order valence-electron chi connectivity index (χ0n) is 15.0. The Hall–Kier alpha value is -1.63. The molecule has 2 N–H and O–H groups in total. The molecule has 0 spiro atoms. The van der Waals surface area contributed by atoms with Crippen LogP contribution in [0, 0.1) is 6.92 Å². The standard InChI is InChI=1S/C18H28N4O2S/c1-13-16(25-18(20-13)21-14-7-3-2-4-8-14)17(24)19-10-6-12-22-11-5-9-15(22)23/h14H,2-12H2,1H3,(H,19,24)(H,20,21). The number of hydrogen-bond acceptors (Lipinski definition) is 5. The number of hydrogen-bond donors (Lipinski definition) is 2. The van der Waals surface area contributed by atoms with Crippen molar-refractivity contribution in [3.05, 3.63) is 10.6 Å². The van der Waals surface area contributed by atoms with Gasteiger partial charge in [0.05, 0.1) is 5.69 Å². The van der Waals surface area contributed by atoms with E-state index < -0.39 is 0 Å². The highest BCUT2D eigenvalue weighted by atomic mass is 32.1. The summed E-state index contributed by atoms with van der Waals surface area (Å²) in [6.45, 7) is 4.07. The Morgan fingerprint density at radius 3 is 2.80 bits per heavy atom. The van der Waals surface area contributed by atoms with Gasteiger partial charge >= 0.3 is 0 Å². The number of carbonyl (C=O) groups excluding carboxylic acids is 2. The van der Waals surface area contributed by atoms with E-state index in [9.17, 15) is 9.59 Å². The van der Waals surface area contributed by atoms with Crippen molar-refractivity contribution in [2.75, 3.05) is 25.0 Å². The number of carbonyl (C=O) groups is 2. The molecule has 2 fully saturated rings. The lowest BCUT2D eigenvalue weighted by molar-refractivity contribution is -0.127. The summed E-state index contributed by atoms with van der Waals surface area (Å²) >= 11 is 1.45. The average Bonchev–Trinajstić information content (AvgIpc) is 3.18. The summed E-state index contributed by atoms with van der Waals surface area (Å²) < 4.78 is 0. The third kappa shape index (κ3) is 4.93. The fourth-order valence-corrected chi connectivity index (χ4v) is 4.54. The first-order valence-corrected chi connectivity index (χ1v) is 10.2. The maximum absolute atomic E-state index is 12.4. The molecule has 1 saturated heterocycles. The van der Waals surface area contributed by atoms with Crippen LogP contribution in [0.3, 0.4) is 0 Å². The molecule has 2 heterocycles. The molecule has 0 radical (unpaired) electrons. The molecule has 2 aliphatic rings. The van der Waals surface area contributed by atoms with E-state index in [2.05, 4.69) is 15.6 Å². The summed E-state index contributed by atoms with van der Waals surface area (Å²) in [4.78, 5) is 31.0. The third-order valence-corrected chi connectivity index (χ3v) is 6.08. The molecule has 138 valence electrons. The van der Waals surface area contributed by atoms with Gasteiger partial charge in [-0.3, -0.25) is 9.59 Å². The van der Waals surface area contributed by atoms with Gasteiger partial charge in [0.25, 0.3) is 5.91 Å². The van der Waals surface area contributed by atoms with Crippen molar-refractivity contribution < 1.29 is 9.59 Å². The second kappa shape index (κ2) is 8.65. The highest BCUT2D eigenvalue weighted by molar-refractivity contribution is 7.17. The van der Waals surface area contributed by atoms with Crippen molar-refractivity contribution in [2.45, 2.75) is 64.3 Å². The highest BCUT2D eigenvalue weighted by Crippen LogP contribution is 2.26. The number of aromatic nitrogens is 1. The average molecular weight is 365 g/mol. The molecule has 0 aromatic carbocycles. The van der Waals surface area contributed by atoms with Gasteiger partial charge < -0.3 is 15.5 Å². The van der Waals surface area contributed by atoms with Crippen LogP contribution >= 0.6 is 11.3 Å². The summed E-state index contributed by atoms with van der Waals surface area (Å²) in [5.74, 6) is 0.183. The van der Waals surface area contributed by atoms with Crippen molar-refractivity contribution in [3.8, 4) is 0 Å². The Bertz CT molecular complexity index is 610. The maximum Gasteiger partial charge on any atom is 0.263 e. The summed E-state index contributed by atoms with van der Waals surface area (Å²) in [7, 11) is 0. The molecule has 7 heteroatoms. The first-order valence-electron chi connectivity index (χ1n) is 9.43. The van der Waals surface area contributed by atoms with Crippen LogP contribution in [-0.4, -0.2) is 47.4 Å². The molecule has 6 nitrogen and oxygen atoms in total. The Morgan fingerprint density at radius 2 is 2.08 bits per heavy atom. The number of anilines is 1. The predicted molar refractivity (Wildman–Crippen MR) is 100 cm³/mol. The Kier molecular flexibility index (Phi) is 6.29. The molecule has 0 unspecified atom stereocenters. The molecule has 1 aliphatic carbocycles. The van der Waals surface area contributed by atoms with E-state index in [1.54, 1.807) is 0 Å². The summed E-state index contributed by atoms with van der Waals surface area (Å²) in [6, 6.07) is 0.494. The topological polar surface area (TPSA) is 74.3 Å². The second-order valence-electron chi connectivity index (χ2n) is 7.01. The van der Waals surface area contributed by atoms with Crippen LogP contribution < -0.4 is 10.6 Å². The van der Waals surface area contributed by atoms with E-state index in [0.717, 1.165) is 36.8 Å². The lowest BCUT2D eigenvalue weighted by Crippen LogP contribution is -2.30. The second-order valence-corrected chi connectivity index (χ2v) is 8.01. The van der Waals surface area contributed by atoms with E-state index in [1.807, 2.05) is 11.8 Å². The Morgan fingerprint density at radius 1 is 1.28 bits per heavy atom. The van der Waals surface area contributed by atoms with Gasteiger partial charge in [0.15, 0.2) is 5.13 Å². The fraction of sp³-hybridized carbons (Fsp3) is 0.722. The van der Waals surface area contributed by atoms with Gasteiger partial charge in [0.1, 0.15) is 4.88 Å². The molecule has 3 rings (SSSR count). The van der Waals surface area contributed by atoms with E-state index in [-0.39, 0.29) is 11.8 Å². The predicted octanol–water partition coefficient (Wildman–Crippen LogP) is 2.94. The summed E-state index contributed by atoms with van der Waals surface area (Å²) in [5, 5.41) is 7.31. The lowest BCUT2D eigenvalue weighted by atomic mass is 9.96. The van der Waals surface area contributed by atoms with Gasteiger partial charge in [0, 0.05) is 32.1 Å². The van der Waals surface area contributed by atoms with Gasteiger partial charge in [0.2, 0.25) is 5.91 Å². The minimum Gasteiger partial charge on any atom is -0.359 e. The number of nitrogens with one attached hydrogen (secondary N) is 2. The third-order valence-electron chi connectivity index (χ3n) is 5.00. The Balaban J connectivity index is 1.44. The minimum absolute atomic E-state index is 0.0561. The lowest BCUT2D eigenvalue weighted by Gasteiger charge is -2.22. The highest BCUT2D eigenvalue weighted by Gasteiger charge is 2.20. The molecule has 0 bridgehead atoms. The molecular formula is C18H28N4O2S. The van der Waals surface area contributed by atoms with Crippen LogP contribution in [0.25, 0.3) is 0 Å². The van der Waals surface area contributed by atoms with Crippen molar-refractivity contribution in [3.63, 3.8) is 0 Å². The molecule has 25 heavy (non-hydrogen) atoms. The molecule has 1 saturated carbocycles. The van der Waals surface area contributed by atoms with E-state index >= 15 is 0 Å². The number of amides is 2. The van der Waals surface area contributed by atoms with Gasteiger partial charge in [-0.15, -0.1) is 0 Å². The molecule has 1 aromatic heterocycles. The van der Waals surface area contributed by atoms with Crippen LogP contribution in [-0.2, 0) is 4.79 Å². The minimum atomic E-state index is -0.0561. The van der Waals surface area contributed by atoms with E-state index in [1.165, 1.54) is 43.4 Å². The Labute approximate surface area is 153 Å². The number of likely N-dealkylation sites (tertiary alicyclic amines) is 1. The first kappa shape index (κ1) is 18.2. The van der Waals surface area contributed by atoms with E-state index in [4.69, 9.17) is 0 Å².